The molecule has 2 aromatic carbocycles. The van der Waals surface area contributed by atoms with E-state index in [2.05, 4.69) is 11.4 Å². The first-order chi connectivity index (χ1) is 8.69. The number of hydrogen-bond acceptors (Lipinski definition) is 2. The average Bonchev–Trinajstić information content (AvgIpc) is 2.39. The van der Waals surface area contributed by atoms with Crippen molar-refractivity contribution in [1.82, 2.24) is 0 Å². The minimum absolute atomic E-state index is 0.565. The monoisotopic (exact) mass is 276 g/mol. The molecule has 0 atom stereocenters. The van der Waals surface area contributed by atoms with Crippen LogP contribution in [-0.2, 0) is 6.54 Å². The third kappa shape index (κ3) is 3.16. The number of rotatable bonds is 3. The van der Waals surface area contributed by atoms with Crippen molar-refractivity contribution in [1.29, 1.82) is 5.26 Å². The van der Waals surface area contributed by atoms with E-state index >= 15 is 0 Å². The maximum Gasteiger partial charge on any atom is 0.0992 e. The predicted molar refractivity (Wildman–Crippen MR) is 74.9 cm³/mol. The molecular weight excluding hydrogens is 267 g/mol. The highest BCUT2D eigenvalue weighted by Crippen LogP contribution is 2.20. The highest BCUT2D eigenvalue weighted by molar-refractivity contribution is 6.31. The Morgan fingerprint density at radius 2 is 1.78 bits per heavy atom. The maximum absolute atomic E-state index is 8.75. The van der Waals surface area contributed by atoms with Gasteiger partial charge in [0, 0.05) is 22.3 Å². The molecule has 0 saturated carbocycles. The molecule has 0 amide bonds. The molecule has 1 N–H and O–H groups in total. The zero-order valence-corrected chi connectivity index (χ0v) is 11.0. The van der Waals surface area contributed by atoms with Crippen molar-refractivity contribution >= 4 is 28.9 Å². The predicted octanol–water partition coefficient (Wildman–Crippen LogP) is 4.48. The molecular formula is C14H10Cl2N2. The van der Waals surface area contributed by atoms with E-state index in [9.17, 15) is 0 Å². The summed E-state index contributed by atoms with van der Waals surface area (Å²) in [6.45, 7) is 0.603. The average molecular weight is 277 g/mol. The third-order valence-corrected chi connectivity index (χ3v) is 3.11. The quantitative estimate of drug-likeness (QED) is 0.898. The molecule has 0 aliphatic carbocycles. The first-order valence-electron chi connectivity index (χ1n) is 5.37. The van der Waals surface area contributed by atoms with Gasteiger partial charge in [0.15, 0.2) is 0 Å². The first-order valence-corrected chi connectivity index (χ1v) is 6.12. The standard InChI is InChI=1S/C14H10Cl2N2/c15-12-3-5-13(6-4-12)18-9-11-2-1-10(8-17)7-14(11)16/h1-7,18H,9H2. The summed E-state index contributed by atoms with van der Waals surface area (Å²) in [5.74, 6) is 0. The van der Waals surface area contributed by atoms with E-state index in [1.54, 1.807) is 12.1 Å². The Bertz CT molecular complexity index is 586. The molecule has 4 heteroatoms. The molecule has 0 fully saturated rings. The number of nitrogens with zero attached hydrogens (tertiary/aromatic N) is 1. The SMILES string of the molecule is N#Cc1ccc(CNc2ccc(Cl)cc2)c(Cl)c1. The highest BCUT2D eigenvalue weighted by Gasteiger charge is 2.01. The third-order valence-electron chi connectivity index (χ3n) is 2.51. The van der Waals surface area contributed by atoms with Gasteiger partial charge in [0.1, 0.15) is 0 Å². The molecule has 0 saturated heterocycles. The van der Waals surface area contributed by atoms with E-state index in [1.807, 2.05) is 30.3 Å². The maximum atomic E-state index is 8.75. The molecule has 2 aromatic rings. The summed E-state index contributed by atoms with van der Waals surface area (Å²) in [5, 5.41) is 13.3. The second-order valence-corrected chi connectivity index (χ2v) is 4.62. The molecule has 0 unspecified atom stereocenters. The summed E-state index contributed by atoms with van der Waals surface area (Å²) in [5.41, 5.74) is 2.49. The van der Waals surface area contributed by atoms with Crippen LogP contribution >= 0.6 is 23.2 Å². The van der Waals surface area contributed by atoms with Crippen molar-refractivity contribution in [2.45, 2.75) is 6.54 Å². The number of benzene rings is 2. The van der Waals surface area contributed by atoms with Gasteiger partial charge in [-0.1, -0.05) is 29.3 Å². The fourth-order valence-corrected chi connectivity index (χ4v) is 1.90. The van der Waals surface area contributed by atoms with E-state index in [0.717, 1.165) is 11.3 Å². The van der Waals surface area contributed by atoms with Gasteiger partial charge in [0.05, 0.1) is 11.6 Å². The van der Waals surface area contributed by atoms with Gasteiger partial charge in [-0.3, -0.25) is 0 Å². The smallest absolute Gasteiger partial charge is 0.0992 e. The molecule has 0 radical (unpaired) electrons. The first kappa shape index (κ1) is 12.8. The van der Waals surface area contributed by atoms with Crippen LogP contribution < -0.4 is 5.32 Å². The number of halogens is 2. The number of hydrogen-bond donors (Lipinski definition) is 1. The largest absolute Gasteiger partial charge is 0.381 e. The van der Waals surface area contributed by atoms with Gasteiger partial charge in [-0.05, 0) is 42.0 Å². The van der Waals surface area contributed by atoms with Crippen molar-refractivity contribution in [2.24, 2.45) is 0 Å². The minimum Gasteiger partial charge on any atom is -0.381 e. The Balaban J connectivity index is 2.06. The van der Waals surface area contributed by atoms with Gasteiger partial charge in [0.2, 0.25) is 0 Å². The van der Waals surface area contributed by atoms with Crippen LogP contribution in [0.4, 0.5) is 5.69 Å². The molecule has 2 nitrogen and oxygen atoms in total. The Labute approximate surface area is 116 Å². The summed E-state index contributed by atoms with van der Waals surface area (Å²) in [4.78, 5) is 0. The fraction of sp³-hybridized carbons (Fsp3) is 0.0714. The fourth-order valence-electron chi connectivity index (χ4n) is 1.53. The Hall–Kier alpha value is -1.69. The van der Waals surface area contributed by atoms with Crippen LogP contribution in [0.15, 0.2) is 42.5 Å². The Kier molecular flexibility index (Phi) is 4.09. The lowest BCUT2D eigenvalue weighted by Gasteiger charge is -2.08. The molecule has 0 aromatic heterocycles. The van der Waals surface area contributed by atoms with Gasteiger partial charge in [-0.25, -0.2) is 0 Å². The van der Waals surface area contributed by atoms with Crippen molar-refractivity contribution in [3.8, 4) is 6.07 Å². The van der Waals surface area contributed by atoms with E-state index in [-0.39, 0.29) is 0 Å². The van der Waals surface area contributed by atoms with Gasteiger partial charge in [-0.15, -0.1) is 0 Å². The summed E-state index contributed by atoms with van der Waals surface area (Å²) in [6.07, 6.45) is 0. The zero-order valence-electron chi connectivity index (χ0n) is 9.45. The van der Waals surface area contributed by atoms with Crippen LogP contribution in [0.2, 0.25) is 10.0 Å². The van der Waals surface area contributed by atoms with Crippen LogP contribution in [0.3, 0.4) is 0 Å². The zero-order chi connectivity index (χ0) is 13.0. The summed E-state index contributed by atoms with van der Waals surface area (Å²) in [7, 11) is 0. The van der Waals surface area contributed by atoms with Crippen LogP contribution in [0.1, 0.15) is 11.1 Å². The van der Waals surface area contributed by atoms with Gasteiger partial charge in [0.25, 0.3) is 0 Å². The summed E-state index contributed by atoms with van der Waals surface area (Å²) < 4.78 is 0. The molecule has 90 valence electrons. The van der Waals surface area contributed by atoms with Crippen molar-refractivity contribution in [3.05, 3.63) is 63.6 Å². The van der Waals surface area contributed by atoms with Crippen LogP contribution in [-0.4, -0.2) is 0 Å². The molecule has 18 heavy (non-hydrogen) atoms. The van der Waals surface area contributed by atoms with Crippen LogP contribution in [0.5, 0.6) is 0 Å². The summed E-state index contributed by atoms with van der Waals surface area (Å²) in [6, 6.07) is 14.8. The summed E-state index contributed by atoms with van der Waals surface area (Å²) >= 11 is 11.9. The topological polar surface area (TPSA) is 35.8 Å². The Morgan fingerprint density at radius 3 is 2.39 bits per heavy atom. The van der Waals surface area contributed by atoms with E-state index in [4.69, 9.17) is 28.5 Å². The van der Waals surface area contributed by atoms with Crippen molar-refractivity contribution < 1.29 is 0 Å². The second-order valence-electron chi connectivity index (χ2n) is 3.78. The molecule has 2 rings (SSSR count). The highest BCUT2D eigenvalue weighted by atomic mass is 35.5. The second kappa shape index (κ2) is 5.77. The van der Waals surface area contributed by atoms with Gasteiger partial charge >= 0.3 is 0 Å². The van der Waals surface area contributed by atoms with E-state index in [0.29, 0.717) is 22.2 Å². The van der Waals surface area contributed by atoms with E-state index < -0.39 is 0 Å². The van der Waals surface area contributed by atoms with Gasteiger partial charge in [-0.2, -0.15) is 5.26 Å². The molecule has 0 spiro atoms. The van der Waals surface area contributed by atoms with Crippen LogP contribution in [0, 0.1) is 11.3 Å². The van der Waals surface area contributed by atoms with Crippen LogP contribution in [0.25, 0.3) is 0 Å². The van der Waals surface area contributed by atoms with Gasteiger partial charge < -0.3 is 5.32 Å². The van der Waals surface area contributed by atoms with E-state index in [1.165, 1.54) is 0 Å². The number of anilines is 1. The lowest BCUT2D eigenvalue weighted by molar-refractivity contribution is 1.15. The number of nitrogens with one attached hydrogen (secondary N) is 1. The minimum atomic E-state index is 0.565. The van der Waals surface area contributed by atoms with Crippen molar-refractivity contribution in [3.63, 3.8) is 0 Å². The molecule has 0 heterocycles. The lowest BCUT2D eigenvalue weighted by atomic mass is 10.1. The molecule has 0 aliphatic heterocycles. The lowest BCUT2D eigenvalue weighted by Crippen LogP contribution is -2.00. The molecule has 0 aliphatic rings. The molecule has 0 bridgehead atoms. The van der Waals surface area contributed by atoms with Crippen molar-refractivity contribution in [2.75, 3.05) is 5.32 Å². The normalized spacial score (nSPS) is 9.83. The Morgan fingerprint density at radius 1 is 1.06 bits per heavy atom. The number of nitriles is 1.